The zero-order valence-corrected chi connectivity index (χ0v) is 20.0. The number of hydrogen-bond donors (Lipinski definition) is 3. The van der Waals surface area contributed by atoms with Gasteiger partial charge in [-0.1, -0.05) is 74.2 Å². The Labute approximate surface area is 206 Å². The van der Waals surface area contributed by atoms with Crippen LogP contribution in [0.3, 0.4) is 0 Å². The molecule has 1 atom stereocenters. The van der Waals surface area contributed by atoms with E-state index in [1.54, 1.807) is 0 Å². The van der Waals surface area contributed by atoms with Gasteiger partial charge in [-0.25, -0.2) is 9.59 Å². The van der Waals surface area contributed by atoms with Crippen molar-refractivity contribution in [2.75, 3.05) is 13.2 Å². The fourth-order valence-corrected chi connectivity index (χ4v) is 4.78. The molecule has 35 heavy (non-hydrogen) atoms. The lowest BCUT2D eigenvalue weighted by Gasteiger charge is -2.14. The summed E-state index contributed by atoms with van der Waals surface area (Å²) in [7, 11) is 0. The zero-order valence-electron chi connectivity index (χ0n) is 20.0. The normalized spacial score (nSPS) is 15.1. The van der Waals surface area contributed by atoms with E-state index in [2.05, 4.69) is 34.9 Å². The molecule has 186 valence electrons. The van der Waals surface area contributed by atoms with Gasteiger partial charge in [0.2, 0.25) is 5.91 Å². The number of benzene rings is 2. The van der Waals surface area contributed by atoms with Crippen molar-refractivity contribution in [2.24, 2.45) is 5.92 Å². The van der Waals surface area contributed by atoms with E-state index in [4.69, 9.17) is 4.74 Å². The van der Waals surface area contributed by atoms with Gasteiger partial charge in [0.15, 0.2) is 0 Å². The van der Waals surface area contributed by atoms with Crippen molar-refractivity contribution < 1.29 is 24.2 Å². The highest BCUT2D eigenvalue weighted by Gasteiger charge is 2.30. The summed E-state index contributed by atoms with van der Waals surface area (Å²) in [5.74, 6) is -0.663. The maximum Gasteiger partial charge on any atom is 0.407 e. The minimum Gasteiger partial charge on any atom is -0.480 e. The van der Waals surface area contributed by atoms with Gasteiger partial charge in [-0.2, -0.15) is 0 Å². The first-order chi connectivity index (χ1) is 17.0. The fraction of sp³-hybridized carbons (Fsp3) is 0.464. The van der Waals surface area contributed by atoms with Crippen LogP contribution in [0.2, 0.25) is 0 Å². The van der Waals surface area contributed by atoms with E-state index in [0.717, 1.165) is 32.1 Å². The minimum atomic E-state index is -0.954. The van der Waals surface area contributed by atoms with E-state index in [1.807, 2.05) is 24.3 Å². The van der Waals surface area contributed by atoms with E-state index in [1.165, 1.54) is 22.3 Å². The van der Waals surface area contributed by atoms with Crippen LogP contribution < -0.4 is 10.6 Å². The van der Waals surface area contributed by atoms with Crippen LogP contribution in [0.25, 0.3) is 11.1 Å². The molecule has 2 amide bonds. The van der Waals surface area contributed by atoms with Gasteiger partial charge in [0.05, 0.1) is 0 Å². The van der Waals surface area contributed by atoms with Crippen molar-refractivity contribution in [3.8, 4) is 11.1 Å². The van der Waals surface area contributed by atoms with Gasteiger partial charge in [-0.3, -0.25) is 4.79 Å². The van der Waals surface area contributed by atoms with E-state index in [0.29, 0.717) is 38.3 Å². The van der Waals surface area contributed by atoms with Crippen LogP contribution in [0.1, 0.15) is 68.4 Å². The maximum atomic E-state index is 12.2. The number of ether oxygens (including phenoxy) is 1. The summed E-state index contributed by atoms with van der Waals surface area (Å²) in [5, 5.41) is 14.7. The Bertz CT molecular complexity index is 1000. The number of carbonyl (C=O) groups is 3. The molecule has 0 spiro atoms. The van der Waals surface area contributed by atoms with Crippen molar-refractivity contribution >= 4 is 18.0 Å². The first kappa shape index (κ1) is 24.8. The molecule has 4 rings (SSSR count). The molecule has 0 bridgehead atoms. The van der Waals surface area contributed by atoms with E-state index in [9.17, 15) is 19.5 Å². The van der Waals surface area contributed by atoms with Gasteiger partial charge in [0.25, 0.3) is 0 Å². The Morgan fingerprint density at radius 2 is 1.54 bits per heavy atom. The Morgan fingerprint density at radius 1 is 0.914 bits per heavy atom. The van der Waals surface area contributed by atoms with Gasteiger partial charge in [-0.15, -0.1) is 0 Å². The van der Waals surface area contributed by atoms with Crippen LogP contribution in [0, 0.1) is 5.92 Å². The second-order valence-corrected chi connectivity index (χ2v) is 9.55. The number of unbranched alkanes of at least 4 members (excludes halogenated alkanes) is 3. The molecule has 2 aliphatic rings. The third-order valence-electron chi connectivity index (χ3n) is 6.84. The standard InChI is InChI=1S/C28H34N2O5/c31-26(30-25(27(32)33)17-19-14-15-19)13-3-1-2-8-16-29-28(34)35-18-24-22-11-6-4-9-20(22)21-10-5-7-12-23(21)24/h4-7,9-12,19,24-25H,1-3,8,13-18H2,(H,29,34)(H,30,31)(H,32,33). The highest BCUT2D eigenvalue weighted by atomic mass is 16.5. The number of hydrogen-bond acceptors (Lipinski definition) is 4. The minimum absolute atomic E-state index is 0.0456. The second-order valence-electron chi connectivity index (χ2n) is 9.55. The molecular weight excluding hydrogens is 444 g/mol. The van der Waals surface area contributed by atoms with Crippen molar-refractivity contribution in [3.63, 3.8) is 0 Å². The summed E-state index contributed by atoms with van der Waals surface area (Å²) >= 11 is 0. The lowest BCUT2D eigenvalue weighted by molar-refractivity contribution is -0.142. The molecule has 2 aromatic rings. The van der Waals surface area contributed by atoms with Crippen LogP contribution in [0.15, 0.2) is 48.5 Å². The summed E-state index contributed by atoms with van der Waals surface area (Å²) in [6, 6.07) is 15.7. The number of amides is 2. The summed E-state index contributed by atoms with van der Waals surface area (Å²) in [5.41, 5.74) is 4.78. The predicted molar refractivity (Wildman–Crippen MR) is 133 cm³/mol. The number of nitrogens with one attached hydrogen (secondary N) is 2. The molecule has 7 heteroatoms. The third kappa shape index (κ3) is 6.84. The smallest absolute Gasteiger partial charge is 0.407 e. The summed E-state index contributed by atoms with van der Waals surface area (Å²) < 4.78 is 5.54. The number of alkyl carbamates (subject to hydrolysis) is 1. The SMILES string of the molecule is O=C(CCCCCCNC(=O)OCC1c2ccccc2-c2ccccc21)NC(CC1CC1)C(=O)O. The topological polar surface area (TPSA) is 105 Å². The Kier molecular flexibility index (Phi) is 8.40. The van der Waals surface area contributed by atoms with Crippen LogP contribution in [0.4, 0.5) is 4.79 Å². The molecule has 0 saturated heterocycles. The fourth-order valence-electron chi connectivity index (χ4n) is 4.78. The van der Waals surface area contributed by atoms with E-state index >= 15 is 0 Å². The molecule has 0 heterocycles. The van der Waals surface area contributed by atoms with E-state index in [-0.39, 0.29) is 11.8 Å². The highest BCUT2D eigenvalue weighted by molar-refractivity contribution is 5.83. The first-order valence-electron chi connectivity index (χ1n) is 12.6. The number of carboxylic acids is 1. The number of fused-ring (bicyclic) bond motifs is 3. The van der Waals surface area contributed by atoms with Crippen LogP contribution >= 0.6 is 0 Å². The number of aliphatic carboxylic acids is 1. The quantitative estimate of drug-likeness (QED) is 0.357. The lowest BCUT2D eigenvalue weighted by Crippen LogP contribution is -2.41. The Balaban J connectivity index is 1.08. The molecule has 3 N–H and O–H groups in total. The van der Waals surface area contributed by atoms with Crippen molar-refractivity contribution in [2.45, 2.75) is 63.3 Å². The van der Waals surface area contributed by atoms with Gasteiger partial charge < -0.3 is 20.5 Å². The monoisotopic (exact) mass is 478 g/mol. The van der Waals surface area contributed by atoms with Crippen LogP contribution in [0.5, 0.6) is 0 Å². The lowest BCUT2D eigenvalue weighted by atomic mass is 9.98. The van der Waals surface area contributed by atoms with Crippen molar-refractivity contribution in [1.82, 2.24) is 10.6 Å². The molecule has 0 aromatic heterocycles. The van der Waals surface area contributed by atoms with E-state index < -0.39 is 18.1 Å². The molecule has 2 aromatic carbocycles. The van der Waals surface area contributed by atoms with Crippen LogP contribution in [-0.4, -0.2) is 42.3 Å². The first-order valence-corrected chi connectivity index (χ1v) is 12.6. The summed E-state index contributed by atoms with van der Waals surface area (Å²) in [4.78, 5) is 35.5. The number of rotatable bonds is 13. The van der Waals surface area contributed by atoms with Gasteiger partial charge >= 0.3 is 12.1 Å². The Morgan fingerprint density at radius 3 is 2.17 bits per heavy atom. The van der Waals surface area contributed by atoms with Gasteiger partial charge in [0.1, 0.15) is 12.6 Å². The number of carbonyl (C=O) groups excluding carboxylic acids is 2. The molecule has 2 aliphatic carbocycles. The molecule has 7 nitrogen and oxygen atoms in total. The maximum absolute atomic E-state index is 12.2. The molecule has 1 fully saturated rings. The summed E-state index contributed by atoms with van der Waals surface area (Å²) in [6.07, 6.45) is 5.78. The largest absolute Gasteiger partial charge is 0.480 e. The number of carboxylic acid groups (broad SMARTS) is 1. The van der Waals surface area contributed by atoms with Crippen molar-refractivity contribution in [3.05, 3.63) is 59.7 Å². The van der Waals surface area contributed by atoms with Crippen LogP contribution in [-0.2, 0) is 14.3 Å². The third-order valence-corrected chi connectivity index (χ3v) is 6.84. The molecule has 0 radical (unpaired) electrons. The molecule has 1 saturated carbocycles. The second kappa shape index (κ2) is 11.9. The zero-order chi connectivity index (χ0) is 24.6. The highest BCUT2D eigenvalue weighted by Crippen LogP contribution is 2.44. The summed E-state index contributed by atoms with van der Waals surface area (Å²) in [6.45, 7) is 0.818. The molecule has 1 unspecified atom stereocenters. The van der Waals surface area contributed by atoms with Gasteiger partial charge in [0, 0.05) is 18.9 Å². The molecular formula is C28H34N2O5. The average Bonchev–Trinajstić information content (AvgIpc) is 3.62. The van der Waals surface area contributed by atoms with Crippen molar-refractivity contribution in [1.29, 1.82) is 0 Å². The molecule has 0 aliphatic heterocycles. The Hall–Kier alpha value is -3.35. The predicted octanol–water partition coefficient (Wildman–Crippen LogP) is 4.85. The average molecular weight is 479 g/mol. The van der Waals surface area contributed by atoms with Gasteiger partial charge in [-0.05, 0) is 47.4 Å².